The number of phosphoric acid groups is 4. The average Bonchev–Trinajstić information content (AvgIpc) is 4.24. The number of ether oxygens (including phenoxy) is 6. The number of hydrogen-bond donors (Lipinski definition) is 12. The molecule has 44 heteroatoms. The van der Waals surface area contributed by atoms with Crippen LogP contribution in [0.25, 0.3) is 33.5 Å². The third kappa shape index (κ3) is 12.1. The van der Waals surface area contributed by atoms with Crippen LogP contribution in [0.2, 0.25) is 0 Å². The summed E-state index contributed by atoms with van der Waals surface area (Å²) in [5, 5.41) is 33.3. The molecule has 7 unspecified atom stereocenters. The molecule has 440 valence electrons. The number of nitrogens with zero attached hydrogens (tertiary/aromatic N) is 10. The van der Waals surface area contributed by atoms with Crippen molar-refractivity contribution in [2.75, 3.05) is 57.8 Å². The van der Waals surface area contributed by atoms with Gasteiger partial charge in [-0.1, -0.05) is 4.98 Å². The number of aliphatic hydroxyl groups is 3. The van der Waals surface area contributed by atoms with Crippen LogP contribution in [-0.4, -0.2) is 190 Å². The summed E-state index contributed by atoms with van der Waals surface area (Å²) < 4.78 is 122. The molecule has 0 saturated carbocycles. The molecule has 0 radical (unpaired) electrons. The maximum Gasteiger partial charge on any atom is 0.490 e. The first-order valence-electron chi connectivity index (χ1n) is 23.1. The zero-order valence-corrected chi connectivity index (χ0v) is 45.2. The van der Waals surface area contributed by atoms with Gasteiger partial charge >= 0.3 is 36.9 Å². The first-order chi connectivity index (χ1) is 37.6. The fourth-order valence-electron chi connectivity index (χ4n) is 9.03. The lowest BCUT2D eigenvalue weighted by Gasteiger charge is -2.27. The number of aromatic nitrogens is 12. The molecule has 9 heterocycles. The Labute approximate surface area is 445 Å². The van der Waals surface area contributed by atoms with Crippen LogP contribution in [0.15, 0.2) is 34.9 Å². The van der Waals surface area contributed by atoms with E-state index < -0.39 is 135 Å². The summed E-state index contributed by atoms with van der Waals surface area (Å²) in [4.78, 5) is 97.0. The van der Waals surface area contributed by atoms with Crippen LogP contribution >= 0.6 is 31.3 Å². The molecule has 0 amide bonds. The van der Waals surface area contributed by atoms with Gasteiger partial charge in [0.1, 0.15) is 66.8 Å². The quantitative estimate of drug-likeness (QED) is 0.0167. The molecule has 6 aromatic heterocycles. The van der Waals surface area contributed by atoms with Crippen LogP contribution in [0.3, 0.4) is 0 Å². The van der Waals surface area contributed by atoms with Gasteiger partial charge in [-0.2, -0.15) is 13.6 Å². The number of aromatic amines is 2. The molecular weight excluding hydrogens is 1170 g/mol. The molecule has 6 aromatic rings. The summed E-state index contributed by atoms with van der Waals surface area (Å²) in [6.07, 6.45) is -16.6. The maximum atomic E-state index is 13.8. The molecule has 0 bridgehead atoms. The van der Waals surface area contributed by atoms with Gasteiger partial charge in [-0.15, -0.1) is 0 Å². The SMILES string of the molecule is COCCO[C@@H]1C(O)[C@H]([n+]2cn(C)c3c(=O)[nH]c(N)nc32)O[C@@H]1[C@@H](C)OP(=O)(O)OP(=O)(O)OP(=O)(O)OC[C@H]1O[C@@H](n2cnc3c(N)ncnc32)C(OC)[C@H]1OP(=O)(O)OC[C@H]1O[C@@H](n2cnc3c(=O)[nH]c(N)nc32)C(O)[C@H]1O. The Morgan fingerprint density at radius 1 is 0.725 bits per heavy atom. The fourth-order valence-corrected chi connectivity index (χ4v) is 13.7. The number of methoxy groups -OCH3 is 2. The van der Waals surface area contributed by atoms with Gasteiger partial charge in [0.2, 0.25) is 17.7 Å². The molecule has 80 heavy (non-hydrogen) atoms. The number of phosphoric ester groups is 3. The number of anilines is 3. The van der Waals surface area contributed by atoms with E-state index in [1.807, 2.05) is 0 Å². The molecule has 9 rings (SSSR count). The average molecular weight is 1220 g/mol. The van der Waals surface area contributed by atoms with Gasteiger partial charge in [-0.05, 0) is 6.92 Å². The van der Waals surface area contributed by atoms with Crippen molar-refractivity contribution < 1.29 is 113 Å². The van der Waals surface area contributed by atoms with Gasteiger partial charge in [-0.25, -0.2) is 42.8 Å². The van der Waals surface area contributed by atoms with E-state index in [1.54, 1.807) is 0 Å². The molecule has 0 spiro atoms. The number of fused-ring (bicyclic) bond motifs is 3. The minimum Gasteiger partial charge on any atom is -0.387 e. The number of aliphatic hydroxyl groups excluding tert-OH is 3. The number of nitrogens with two attached hydrogens (primary N) is 3. The first-order valence-corrected chi connectivity index (χ1v) is 29.0. The molecule has 3 aliphatic heterocycles. The lowest BCUT2D eigenvalue weighted by Crippen LogP contribution is -2.46. The van der Waals surface area contributed by atoms with Crippen molar-refractivity contribution in [3.8, 4) is 0 Å². The van der Waals surface area contributed by atoms with Crippen LogP contribution in [0.1, 0.15) is 25.6 Å². The van der Waals surface area contributed by atoms with E-state index in [-0.39, 0.29) is 64.4 Å². The minimum atomic E-state index is -6.24. The standard InChI is InChI=1S/C36H51N15O25P4/c1-13(22-24(67-6-5-65-3)21(54)33(72-22)51-12-48(2)18-29(51)45-36(39)47-31(18)56)73-79(61,62)76-80(63,64)75-78(59,60)69-8-15-23(25(66-4)34(71-15)49-10-42-16-26(37)40-9-41-27(16)49)74-77(57,58)68-7-14-19(52)20(53)32(70-14)50-11-43-17-28(50)44-35(38)46-30(17)55/h9-15,19-25,32-34,52-54H,5-8H2,1-4H3,(H11-,37,38,39,40,41,44,45,46,47,55,56,57,58,59,60,61,62,63,64)/p+1/t13-,14-,15-,19+,20?,21?,22-,23+,24-,25?,32-,33-,34-/m1/s1. The number of aryl methyl sites for hydroxylation is 1. The molecule has 0 aromatic carbocycles. The minimum absolute atomic E-state index is 0.00864. The van der Waals surface area contributed by atoms with Gasteiger partial charge in [0.05, 0.1) is 52.2 Å². The predicted octanol–water partition coefficient (Wildman–Crippen LogP) is -3.65. The predicted molar refractivity (Wildman–Crippen MR) is 259 cm³/mol. The highest BCUT2D eigenvalue weighted by Crippen LogP contribution is 2.68. The van der Waals surface area contributed by atoms with Gasteiger partial charge < -0.3 is 80.5 Å². The zero-order valence-electron chi connectivity index (χ0n) is 41.6. The number of nitrogen functional groups attached to an aromatic ring is 3. The van der Waals surface area contributed by atoms with E-state index in [9.17, 15) is 62.7 Å². The van der Waals surface area contributed by atoms with Crippen LogP contribution in [-0.2, 0) is 80.4 Å². The van der Waals surface area contributed by atoms with Crippen molar-refractivity contribution in [1.82, 2.24) is 53.6 Å². The Bertz CT molecular complexity index is 3590. The Morgan fingerprint density at radius 2 is 1.36 bits per heavy atom. The van der Waals surface area contributed by atoms with Crippen LogP contribution < -0.4 is 32.9 Å². The number of nitrogens with one attached hydrogen (secondary N) is 2. The van der Waals surface area contributed by atoms with Gasteiger partial charge in [0.15, 0.2) is 41.4 Å². The van der Waals surface area contributed by atoms with Crippen LogP contribution in [0, 0.1) is 0 Å². The van der Waals surface area contributed by atoms with Crippen molar-refractivity contribution in [3.63, 3.8) is 0 Å². The molecule has 0 aliphatic carbocycles. The normalized spacial score (nSPS) is 29.7. The summed E-state index contributed by atoms with van der Waals surface area (Å²) in [6.45, 7) is -1.32. The molecule has 3 aliphatic rings. The second kappa shape index (κ2) is 22.9. The van der Waals surface area contributed by atoms with Crippen molar-refractivity contribution >= 4 is 82.5 Å². The molecular formula is C36H52N15O25P4+. The van der Waals surface area contributed by atoms with E-state index in [1.165, 1.54) is 34.2 Å². The van der Waals surface area contributed by atoms with Crippen molar-refractivity contribution in [1.29, 1.82) is 0 Å². The lowest BCUT2D eigenvalue weighted by molar-refractivity contribution is -0.746. The third-order valence-electron chi connectivity index (χ3n) is 12.4. The van der Waals surface area contributed by atoms with E-state index in [4.69, 9.17) is 63.7 Å². The molecule has 17 atom stereocenters. The number of H-pyrrole nitrogens is 2. The molecule has 3 saturated heterocycles. The maximum absolute atomic E-state index is 13.8. The largest absolute Gasteiger partial charge is 0.490 e. The van der Waals surface area contributed by atoms with Crippen LogP contribution in [0.5, 0.6) is 0 Å². The van der Waals surface area contributed by atoms with Crippen molar-refractivity contribution in [2.45, 2.75) is 86.6 Å². The smallest absolute Gasteiger partial charge is 0.387 e. The van der Waals surface area contributed by atoms with Gasteiger partial charge in [0, 0.05) is 14.2 Å². The number of imidazole rings is 3. The molecule has 3 fully saturated rings. The molecule has 40 nitrogen and oxygen atoms in total. The summed E-state index contributed by atoms with van der Waals surface area (Å²) in [6, 6.07) is 0. The highest BCUT2D eigenvalue weighted by molar-refractivity contribution is 7.66. The zero-order chi connectivity index (χ0) is 58.0. The van der Waals surface area contributed by atoms with E-state index in [0.29, 0.717) is 0 Å². The highest BCUT2D eigenvalue weighted by atomic mass is 31.3. The summed E-state index contributed by atoms with van der Waals surface area (Å²) >= 11 is 0. The Hall–Kier alpha value is -5.19. The topological polar surface area (TPSA) is 560 Å². The Morgan fingerprint density at radius 3 is 2.08 bits per heavy atom. The Balaban J connectivity index is 0.882. The second-order valence-electron chi connectivity index (χ2n) is 17.7. The van der Waals surface area contributed by atoms with E-state index in [2.05, 4.69) is 48.5 Å². The van der Waals surface area contributed by atoms with E-state index >= 15 is 0 Å². The van der Waals surface area contributed by atoms with Gasteiger partial charge in [0.25, 0.3) is 17.1 Å². The fraction of sp³-hybridized carbons (Fsp3) is 0.583. The monoisotopic (exact) mass is 1220 g/mol. The second-order valence-corrected chi connectivity index (χ2v) is 23.7. The highest BCUT2D eigenvalue weighted by Gasteiger charge is 2.55. The first kappa shape index (κ1) is 59.4. The molecule has 15 N–H and O–H groups in total. The summed E-state index contributed by atoms with van der Waals surface area (Å²) in [5.41, 5.74) is 15.7. The Kier molecular flexibility index (Phi) is 17.0. The third-order valence-corrected chi connectivity index (χ3v) is 17.8. The summed E-state index contributed by atoms with van der Waals surface area (Å²) in [7, 11) is -19.7. The van der Waals surface area contributed by atoms with E-state index in [0.717, 1.165) is 37.6 Å². The van der Waals surface area contributed by atoms with Gasteiger partial charge in [-0.3, -0.25) is 51.4 Å². The van der Waals surface area contributed by atoms with Crippen molar-refractivity contribution in [3.05, 3.63) is 46.0 Å². The number of hydrogen-bond acceptors (Lipinski definition) is 30. The van der Waals surface area contributed by atoms with Crippen molar-refractivity contribution in [2.24, 2.45) is 7.05 Å². The lowest BCUT2D eigenvalue weighted by atomic mass is 10.1. The van der Waals surface area contributed by atoms with Crippen LogP contribution in [0.4, 0.5) is 17.7 Å². The summed E-state index contributed by atoms with van der Waals surface area (Å²) in [5.74, 6) is -0.688. The number of rotatable bonds is 23.